The molecule has 0 spiro atoms. The maximum absolute atomic E-state index is 3.62. The molecule has 21 heavy (non-hydrogen) atoms. The Kier molecular flexibility index (Phi) is 4.26. The third-order valence-electron chi connectivity index (χ3n) is 4.16. The van der Waals surface area contributed by atoms with Crippen LogP contribution in [0.2, 0.25) is 0 Å². The van der Waals surface area contributed by atoms with Gasteiger partial charge in [-0.2, -0.15) is 0 Å². The summed E-state index contributed by atoms with van der Waals surface area (Å²) in [6.07, 6.45) is 2.68. The highest BCUT2D eigenvalue weighted by Crippen LogP contribution is 2.21. The third kappa shape index (κ3) is 3.85. The van der Waals surface area contributed by atoms with E-state index < -0.39 is 0 Å². The molecule has 1 aliphatic carbocycles. The SMILES string of the molecule is Cc1ccc(N(C)Cc2ccccc2CNC2CC2)cc1. The first-order valence-corrected chi connectivity index (χ1v) is 7.80. The van der Waals surface area contributed by atoms with E-state index in [0.29, 0.717) is 0 Å². The minimum absolute atomic E-state index is 0.757. The van der Waals surface area contributed by atoms with Crippen molar-refractivity contribution in [1.82, 2.24) is 5.32 Å². The summed E-state index contributed by atoms with van der Waals surface area (Å²) in [6.45, 7) is 4.07. The second-order valence-electron chi connectivity index (χ2n) is 6.12. The summed E-state index contributed by atoms with van der Waals surface area (Å²) in [5, 5.41) is 3.62. The number of hydrogen-bond donors (Lipinski definition) is 1. The van der Waals surface area contributed by atoms with Crippen LogP contribution in [0.1, 0.15) is 29.5 Å². The van der Waals surface area contributed by atoms with Crippen LogP contribution in [0.15, 0.2) is 48.5 Å². The highest BCUT2D eigenvalue weighted by Gasteiger charge is 2.20. The minimum Gasteiger partial charge on any atom is -0.370 e. The van der Waals surface area contributed by atoms with E-state index in [-0.39, 0.29) is 0 Å². The van der Waals surface area contributed by atoms with Gasteiger partial charge in [0.15, 0.2) is 0 Å². The molecule has 0 amide bonds. The summed E-state index contributed by atoms with van der Waals surface area (Å²) in [6, 6.07) is 18.3. The molecule has 2 nitrogen and oxygen atoms in total. The van der Waals surface area contributed by atoms with Gasteiger partial charge in [-0.15, -0.1) is 0 Å². The van der Waals surface area contributed by atoms with Crippen LogP contribution in [-0.2, 0) is 13.1 Å². The monoisotopic (exact) mass is 280 g/mol. The van der Waals surface area contributed by atoms with Crippen LogP contribution in [0.5, 0.6) is 0 Å². The Morgan fingerprint density at radius 2 is 1.67 bits per heavy atom. The zero-order chi connectivity index (χ0) is 14.7. The minimum atomic E-state index is 0.757. The molecule has 3 rings (SSSR count). The van der Waals surface area contributed by atoms with Crippen molar-refractivity contribution >= 4 is 5.69 Å². The van der Waals surface area contributed by atoms with E-state index in [2.05, 4.69) is 72.7 Å². The van der Waals surface area contributed by atoms with Crippen LogP contribution in [0, 0.1) is 6.92 Å². The van der Waals surface area contributed by atoms with Crippen molar-refractivity contribution in [2.75, 3.05) is 11.9 Å². The van der Waals surface area contributed by atoms with E-state index in [1.54, 1.807) is 0 Å². The van der Waals surface area contributed by atoms with Gasteiger partial charge in [0, 0.05) is 31.9 Å². The number of hydrogen-bond acceptors (Lipinski definition) is 2. The van der Waals surface area contributed by atoms with Crippen molar-refractivity contribution in [1.29, 1.82) is 0 Å². The maximum atomic E-state index is 3.62. The number of nitrogens with zero attached hydrogens (tertiary/aromatic N) is 1. The van der Waals surface area contributed by atoms with Crippen molar-refractivity contribution in [2.45, 2.75) is 38.9 Å². The fraction of sp³-hybridized carbons (Fsp3) is 0.368. The average Bonchev–Trinajstić information content (AvgIpc) is 3.31. The summed E-state index contributed by atoms with van der Waals surface area (Å²) < 4.78 is 0. The molecule has 1 fully saturated rings. The van der Waals surface area contributed by atoms with Crippen LogP contribution in [0.25, 0.3) is 0 Å². The first-order chi connectivity index (χ1) is 10.2. The number of benzene rings is 2. The average molecular weight is 280 g/mol. The molecular formula is C19H24N2. The molecule has 0 bridgehead atoms. The van der Waals surface area contributed by atoms with Gasteiger partial charge in [-0.1, -0.05) is 42.0 Å². The summed E-state index contributed by atoms with van der Waals surface area (Å²) in [4.78, 5) is 2.31. The molecule has 110 valence electrons. The largest absolute Gasteiger partial charge is 0.370 e. The second kappa shape index (κ2) is 6.31. The Bertz CT molecular complexity index is 585. The molecular weight excluding hydrogens is 256 g/mol. The molecule has 0 aromatic heterocycles. The van der Waals surface area contributed by atoms with Crippen molar-refractivity contribution in [3.05, 3.63) is 65.2 Å². The van der Waals surface area contributed by atoms with Gasteiger partial charge in [0.1, 0.15) is 0 Å². The van der Waals surface area contributed by atoms with Gasteiger partial charge in [0.25, 0.3) is 0 Å². The first-order valence-electron chi connectivity index (χ1n) is 7.80. The summed E-state index contributed by atoms with van der Waals surface area (Å²) in [5.74, 6) is 0. The first kappa shape index (κ1) is 14.2. The fourth-order valence-electron chi connectivity index (χ4n) is 2.57. The Hall–Kier alpha value is -1.80. The molecule has 1 N–H and O–H groups in total. The van der Waals surface area contributed by atoms with Gasteiger partial charge in [-0.05, 0) is 43.0 Å². The van der Waals surface area contributed by atoms with E-state index in [0.717, 1.165) is 19.1 Å². The molecule has 1 aliphatic rings. The van der Waals surface area contributed by atoms with E-state index in [4.69, 9.17) is 0 Å². The molecule has 0 saturated heterocycles. The molecule has 0 radical (unpaired) electrons. The van der Waals surface area contributed by atoms with Gasteiger partial charge >= 0.3 is 0 Å². The second-order valence-corrected chi connectivity index (χ2v) is 6.12. The van der Waals surface area contributed by atoms with Gasteiger partial charge in [-0.25, -0.2) is 0 Å². The topological polar surface area (TPSA) is 15.3 Å². The number of rotatable bonds is 6. The zero-order valence-electron chi connectivity index (χ0n) is 13.0. The Balaban J connectivity index is 1.69. The van der Waals surface area contributed by atoms with Gasteiger partial charge in [0.05, 0.1) is 0 Å². The van der Waals surface area contributed by atoms with E-state index in [1.807, 2.05) is 0 Å². The number of aryl methyl sites for hydroxylation is 1. The molecule has 0 unspecified atom stereocenters. The molecule has 2 aromatic rings. The highest BCUT2D eigenvalue weighted by atomic mass is 15.1. The smallest absolute Gasteiger partial charge is 0.0429 e. The highest BCUT2D eigenvalue weighted by molar-refractivity contribution is 5.47. The molecule has 0 atom stereocenters. The van der Waals surface area contributed by atoms with Crippen LogP contribution in [0.4, 0.5) is 5.69 Å². The predicted molar refractivity (Wildman–Crippen MR) is 89.6 cm³/mol. The normalized spacial score (nSPS) is 14.2. The number of nitrogens with one attached hydrogen (secondary N) is 1. The zero-order valence-corrected chi connectivity index (χ0v) is 13.0. The van der Waals surface area contributed by atoms with Gasteiger partial charge < -0.3 is 10.2 Å². The van der Waals surface area contributed by atoms with Crippen molar-refractivity contribution in [3.8, 4) is 0 Å². The Labute approximate surface area is 127 Å². The Morgan fingerprint density at radius 3 is 2.33 bits per heavy atom. The molecule has 0 heterocycles. The maximum Gasteiger partial charge on any atom is 0.0429 e. The fourth-order valence-corrected chi connectivity index (χ4v) is 2.57. The van der Waals surface area contributed by atoms with Crippen LogP contribution in [0.3, 0.4) is 0 Å². The van der Waals surface area contributed by atoms with E-state index in [1.165, 1.54) is 35.2 Å². The van der Waals surface area contributed by atoms with Crippen molar-refractivity contribution in [3.63, 3.8) is 0 Å². The quantitative estimate of drug-likeness (QED) is 0.863. The van der Waals surface area contributed by atoms with E-state index >= 15 is 0 Å². The lowest BCUT2D eigenvalue weighted by Crippen LogP contribution is -2.20. The summed E-state index contributed by atoms with van der Waals surface area (Å²) in [5.41, 5.74) is 5.41. The summed E-state index contributed by atoms with van der Waals surface area (Å²) in [7, 11) is 2.16. The molecule has 0 aliphatic heterocycles. The third-order valence-corrected chi connectivity index (χ3v) is 4.16. The molecule has 1 saturated carbocycles. The summed E-state index contributed by atoms with van der Waals surface area (Å²) >= 11 is 0. The van der Waals surface area contributed by atoms with E-state index in [9.17, 15) is 0 Å². The van der Waals surface area contributed by atoms with Gasteiger partial charge in [0.2, 0.25) is 0 Å². The van der Waals surface area contributed by atoms with Crippen molar-refractivity contribution < 1.29 is 0 Å². The van der Waals surface area contributed by atoms with Crippen molar-refractivity contribution in [2.24, 2.45) is 0 Å². The lowest BCUT2D eigenvalue weighted by molar-refractivity contribution is 0.681. The number of anilines is 1. The standard InChI is InChI=1S/C19H24N2/c1-15-7-11-19(12-8-15)21(2)14-17-6-4-3-5-16(17)13-20-18-9-10-18/h3-8,11-12,18,20H,9-10,13-14H2,1-2H3. The lowest BCUT2D eigenvalue weighted by Gasteiger charge is -2.21. The molecule has 2 heteroatoms. The van der Waals surface area contributed by atoms with Gasteiger partial charge in [-0.3, -0.25) is 0 Å². The lowest BCUT2D eigenvalue weighted by atomic mass is 10.1. The van der Waals surface area contributed by atoms with Crippen LogP contribution >= 0.6 is 0 Å². The predicted octanol–water partition coefficient (Wildman–Crippen LogP) is 3.88. The Morgan fingerprint density at radius 1 is 1.00 bits per heavy atom. The van der Waals surface area contributed by atoms with Crippen LogP contribution < -0.4 is 10.2 Å². The van der Waals surface area contributed by atoms with Crippen LogP contribution in [-0.4, -0.2) is 13.1 Å². The molecule has 2 aromatic carbocycles.